The number of anilines is 2. The molecule has 6 nitrogen and oxygen atoms in total. The number of carbonyl (C=O) groups is 2. The molecule has 2 aromatic carbocycles. The molecule has 2 amide bonds. The quantitative estimate of drug-likeness (QED) is 0.826. The summed E-state index contributed by atoms with van der Waals surface area (Å²) in [5, 5.41) is 2.81. The summed E-state index contributed by atoms with van der Waals surface area (Å²) in [4.78, 5) is 25.8. The smallest absolute Gasteiger partial charge is 0.226 e. The Morgan fingerprint density at radius 3 is 2.23 bits per heavy atom. The third-order valence-electron chi connectivity index (χ3n) is 3.96. The standard InChI is InChI=1S/C20H24N2O4/c1-14-5-8-17(9-6-14)22(15(2)23)12-11-20(24)21-16-7-10-18(25-3)19(13-16)26-4/h5-10,13H,11-12H2,1-4H3,(H,21,24). The van der Waals surface area contributed by atoms with Crippen molar-refractivity contribution in [1.29, 1.82) is 0 Å². The van der Waals surface area contributed by atoms with Gasteiger partial charge >= 0.3 is 0 Å². The highest BCUT2D eigenvalue weighted by molar-refractivity contribution is 5.95. The average Bonchev–Trinajstić information content (AvgIpc) is 2.63. The molecule has 0 unspecified atom stereocenters. The van der Waals surface area contributed by atoms with Crippen LogP contribution in [0.3, 0.4) is 0 Å². The minimum Gasteiger partial charge on any atom is -0.493 e. The number of nitrogens with one attached hydrogen (secondary N) is 1. The minimum atomic E-state index is -0.185. The number of carbonyl (C=O) groups excluding carboxylic acids is 2. The first-order valence-corrected chi connectivity index (χ1v) is 8.31. The molecule has 138 valence electrons. The Balaban J connectivity index is 2.00. The van der Waals surface area contributed by atoms with Crippen LogP contribution in [0.2, 0.25) is 0 Å². The zero-order valence-corrected chi connectivity index (χ0v) is 15.5. The molecular formula is C20H24N2O4. The van der Waals surface area contributed by atoms with Crippen LogP contribution in [0.15, 0.2) is 42.5 Å². The van der Waals surface area contributed by atoms with E-state index in [0.29, 0.717) is 23.7 Å². The first-order chi connectivity index (χ1) is 12.4. The molecular weight excluding hydrogens is 332 g/mol. The number of hydrogen-bond donors (Lipinski definition) is 1. The summed E-state index contributed by atoms with van der Waals surface area (Å²) in [6.07, 6.45) is 0.182. The van der Waals surface area contributed by atoms with Gasteiger partial charge in [0.15, 0.2) is 11.5 Å². The number of aryl methyl sites for hydroxylation is 1. The van der Waals surface area contributed by atoms with Crippen molar-refractivity contribution in [3.05, 3.63) is 48.0 Å². The van der Waals surface area contributed by atoms with Gasteiger partial charge in [-0.3, -0.25) is 9.59 Å². The fraction of sp³-hybridized carbons (Fsp3) is 0.300. The Bertz CT molecular complexity index is 772. The van der Waals surface area contributed by atoms with Gasteiger partial charge in [-0.05, 0) is 31.2 Å². The summed E-state index contributed by atoms with van der Waals surface area (Å²) in [7, 11) is 3.09. The first kappa shape index (κ1) is 19.3. The molecule has 0 spiro atoms. The van der Waals surface area contributed by atoms with Crippen LogP contribution >= 0.6 is 0 Å². The highest BCUT2D eigenvalue weighted by Gasteiger charge is 2.14. The lowest BCUT2D eigenvalue weighted by Gasteiger charge is -2.21. The van der Waals surface area contributed by atoms with E-state index in [-0.39, 0.29) is 18.2 Å². The van der Waals surface area contributed by atoms with Crippen molar-refractivity contribution in [2.24, 2.45) is 0 Å². The number of benzene rings is 2. The second-order valence-electron chi connectivity index (χ2n) is 5.87. The van der Waals surface area contributed by atoms with Crippen molar-refractivity contribution in [3.63, 3.8) is 0 Å². The molecule has 0 radical (unpaired) electrons. The summed E-state index contributed by atoms with van der Waals surface area (Å²) in [5.41, 5.74) is 2.50. The second kappa shape index (κ2) is 8.89. The minimum absolute atomic E-state index is 0.104. The number of hydrogen-bond acceptors (Lipinski definition) is 4. The maximum Gasteiger partial charge on any atom is 0.226 e. The van der Waals surface area contributed by atoms with Crippen LogP contribution in [0.1, 0.15) is 18.9 Å². The van der Waals surface area contributed by atoms with E-state index in [4.69, 9.17) is 9.47 Å². The topological polar surface area (TPSA) is 67.9 Å². The summed E-state index contributed by atoms with van der Waals surface area (Å²) in [6, 6.07) is 12.8. The molecule has 0 fully saturated rings. The van der Waals surface area contributed by atoms with Gasteiger partial charge in [-0.2, -0.15) is 0 Å². The predicted octanol–water partition coefficient (Wildman–Crippen LogP) is 3.39. The van der Waals surface area contributed by atoms with E-state index in [9.17, 15) is 9.59 Å². The molecule has 1 N–H and O–H groups in total. The van der Waals surface area contributed by atoms with Crippen LogP contribution in [0, 0.1) is 6.92 Å². The van der Waals surface area contributed by atoms with Crippen LogP contribution in [0.5, 0.6) is 11.5 Å². The van der Waals surface area contributed by atoms with Crippen LogP contribution in [-0.4, -0.2) is 32.6 Å². The number of nitrogens with zero attached hydrogens (tertiary/aromatic N) is 1. The van der Waals surface area contributed by atoms with Crippen LogP contribution in [0.25, 0.3) is 0 Å². The monoisotopic (exact) mass is 356 g/mol. The van der Waals surface area contributed by atoms with E-state index in [0.717, 1.165) is 11.3 Å². The molecule has 0 aliphatic carbocycles. The molecule has 0 aromatic heterocycles. The molecule has 0 aliphatic rings. The fourth-order valence-electron chi connectivity index (χ4n) is 2.54. The van der Waals surface area contributed by atoms with Gasteiger partial charge in [0.2, 0.25) is 11.8 Å². The fourth-order valence-corrected chi connectivity index (χ4v) is 2.54. The molecule has 26 heavy (non-hydrogen) atoms. The maximum atomic E-state index is 12.3. The molecule has 0 saturated heterocycles. The van der Waals surface area contributed by atoms with Gasteiger partial charge < -0.3 is 19.7 Å². The summed E-state index contributed by atoms with van der Waals surface area (Å²) >= 11 is 0. The Kier molecular flexibility index (Phi) is 6.60. The van der Waals surface area contributed by atoms with E-state index in [1.807, 2.05) is 31.2 Å². The van der Waals surface area contributed by atoms with Crippen molar-refractivity contribution >= 4 is 23.2 Å². The van der Waals surface area contributed by atoms with Gasteiger partial charge in [0.05, 0.1) is 14.2 Å². The van der Waals surface area contributed by atoms with Gasteiger partial charge in [0.1, 0.15) is 0 Å². The molecule has 6 heteroatoms. The second-order valence-corrected chi connectivity index (χ2v) is 5.87. The third-order valence-corrected chi connectivity index (χ3v) is 3.96. The number of methoxy groups -OCH3 is 2. The van der Waals surface area contributed by atoms with Crippen LogP contribution in [-0.2, 0) is 9.59 Å². The summed E-state index contributed by atoms with van der Waals surface area (Å²) in [5.74, 6) is 0.839. The third kappa shape index (κ3) is 4.99. The van der Waals surface area contributed by atoms with Gasteiger partial charge in [0.25, 0.3) is 0 Å². The largest absolute Gasteiger partial charge is 0.493 e. The van der Waals surface area contributed by atoms with Crippen molar-refractivity contribution in [2.45, 2.75) is 20.3 Å². The Morgan fingerprint density at radius 2 is 1.65 bits per heavy atom. The predicted molar refractivity (Wildman–Crippen MR) is 102 cm³/mol. The van der Waals surface area contributed by atoms with Crippen LogP contribution < -0.4 is 19.7 Å². The van der Waals surface area contributed by atoms with Crippen LogP contribution in [0.4, 0.5) is 11.4 Å². The van der Waals surface area contributed by atoms with Crippen molar-refractivity contribution in [3.8, 4) is 11.5 Å². The number of amides is 2. The molecule has 0 aliphatic heterocycles. The van der Waals surface area contributed by atoms with Gasteiger partial charge in [-0.25, -0.2) is 0 Å². The van der Waals surface area contributed by atoms with E-state index in [1.54, 1.807) is 30.2 Å². The van der Waals surface area contributed by atoms with E-state index in [1.165, 1.54) is 14.0 Å². The number of ether oxygens (including phenoxy) is 2. The van der Waals surface area contributed by atoms with E-state index in [2.05, 4.69) is 5.32 Å². The van der Waals surface area contributed by atoms with Gasteiger partial charge in [-0.15, -0.1) is 0 Å². The molecule has 0 atom stereocenters. The summed E-state index contributed by atoms with van der Waals surface area (Å²) in [6.45, 7) is 3.78. The lowest BCUT2D eigenvalue weighted by Crippen LogP contribution is -2.31. The Morgan fingerprint density at radius 1 is 1.00 bits per heavy atom. The maximum absolute atomic E-state index is 12.3. The molecule has 2 aromatic rings. The highest BCUT2D eigenvalue weighted by Crippen LogP contribution is 2.29. The average molecular weight is 356 g/mol. The first-order valence-electron chi connectivity index (χ1n) is 8.31. The number of rotatable bonds is 7. The Labute approximate surface area is 153 Å². The summed E-state index contributed by atoms with van der Waals surface area (Å²) < 4.78 is 10.4. The van der Waals surface area contributed by atoms with Crippen molar-refractivity contribution < 1.29 is 19.1 Å². The molecule has 0 heterocycles. The molecule has 2 rings (SSSR count). The zero-order chi connectivity index (χ0) is 19.1. The van der Waals surface area contributed by atoms with Gasteiger partial charge in [0, 0.05) is 37.3 Å². The normalized spacial score (nSPS) is 10.2. The highest BCUT2D eigenvalue weighted by atomic mass is 16.5. The zero-order valence-electron chi connectivity index (χ0n) is 15.5. The van der Waals surface area contributed by atoms with E-state index >= 15 is 0 Å². The Hall–Kier alpha value is -3.02. The SMILES string of the molecule is COc1ccc(NC(=O)CCN(C(C)=O)c2ccc(C)cc2)cc1OC. The lowest BCUT2D eigenvalue weighted by atomic mass is 10.2. The van der Waals surface area contributed by atoms with Crippen molar-refractivity contribution in [2.75, 3.05) is 31.0 Å². The van der Waals surface area contributed by atoms with Crippen molar-refractivity contribution in [1.82, 2.24) is 0 Å². The van der Waals surface area contributed by atoms with E-state index < -0.39 is 0 Å². The van der Waals surface area contributed by atoms with Gasteiger partial charge in [-0.1, -0.05) is 17.7 Å². The lowest BCUT2D eigenvalue weighted by molar-refractivity contribution is -0.117. The molecule has 0 saturated carbocycles. The molecule has 0 bridgehead atoms.